The minimum Gasteiger partial charge on any atom is -0.215 e. The molecule has 0 heterocycles. The van der Waals surface area contributed by atoms with Crippen LogP contribution in [0, 0.1) is 13.8 Å². The second-order valence-corrected chi connectivity index (χ2v) is 3.62. The van der Waals surface area contributed by atoms with Crippen molar-refractivity contribution in [2.24, 2.45) is 0 Å². The van der Waals surface area contributed by atoms with E-state index < -0.39 is 9.92 Å². The molecule has 1 aromatic rings. The van der Waals surface area contributed by atoms with E-state index in [0.717, 1.165) is 0 Å². The van der Waals surface area contributed by atoms with Gasteiger partial charge in [0, 0.05) is 10.7 Å². The summed E-state index contributed by atoms with van der Waals surface area (Å²) >= 11 is 0. The van der Waals surface area contributed by atoms with Crippen LogP contribution in [0.1, 0.15) is 11.1 Å². The fourth-order valence-electron chi connectivity index (χ4n) is 0.807. The smallest absolute Gasteiger partial charge is 0.215 e. The molecule has 0 bridgehead atoms. The monoisotopic (exact) mass is 206 g/mol. The highest BCUT2D eigenvalue weighted by Crippen LogP contribution is 2.00. The van der Waals surface area contributed by atoms with Crippen LogP contribution in [-0.2, 0) is 9.92 Å². The van der Waals surface area contributed by atoms with Gasteiger partial charge in [-0.2, -0.15) is 0 Å². The van der Waals surface area contributed by atoms with Gasteiger partial charge in [-0.1, -0.05) is 35.4 Å². The Balaban J connectivity index is 0.000000261. The lowest BCUT2D eigenvalue weighted by Crippen LogP contribution is -1.71. The minimum absolute atomic E-state index is 1.34. The van der Waals surface area contributed by atoms with Crippen molar-refractivity contribution in [2.75, 3.05) is 0 Å². The first kappa shape index (κ1) is 11.5. The van der Waals surface area contributed by atoms with E-state index in [2.05, 4.69) is 48.8 Å². The molecule has 0 unspecified atom stereocenters. The Kier molecular flexibility index (Phi) is 5.76. The Morgan fingerprint density at radius 3 is 1.67 bits per heavy atom. The summed E-state index contributed by atoms with van der Waals surface area (Å²) < 4.78 is 17.6. The van der Waals surface area contributed by atoms with Crippen LogP contribution >= 0.6 is 10.7 Å². The predicted molar refractivity (Wildman–Crippen MR) is 52.1 cm³/mol. The molecule has 0 saturated heterocycles. The van der Waals surface area contributed by atoms with Crippen molar-refractivity contribution in [1.82, 2.24) is 0 Å². The van der Waals surface area contributed by atoms with Gasteiger partial charge in [-0.25, -0.2) is 8.42 Å². The average Bonchev–Trinajstić information content (AvgIpc) is 1.84. The molecule has 0 atom stereocenters. The quantitative estimate of drug-likeness (QED) is 0.521. The number of hydrogen-bond donors (Lipinski definition) is 1. The first-order chi connectivity index (χ1) is 5.52. The van der Waals surface area contributed by atoms with E-state index in [4.69, 9.17) is 8.42 Å². The van der Waals surface area contributed by atoms with Crippen molar-refractivity contribution in [3.63, 3.8) is 0 Å². The zero-order chi connectivity index (χ0) is 9.56. The summed E-state index contributed by atoms with van der Waals surface area (Å²) in [6.45, 7) is 4.21. The third-order valence-electron chi connectivity index (χ3n) is 1.17. The van der Waals surface area contributed by atoms with Gasteiger partial charge in [0.05, 0.1) is 0 Å². The van der Waals surface area contributed by atoms with E-state index in [9.17, 15) is 0 Å². The molecule has 0 saturated carbocycles. The average molecular weight is 207 g/mol. The SMILES string of the molecule is Cc1cccc(C)c1.O=[SH](=O)Cl. The van der Waals surface area contributed by atoms with Gasteiger partial charge in [-0.15, -0.1) is 0 Å². The Labute approximate surface area is 78.6 Å². The topological polar surface area (TPSA) is 34.1 Å². The van der Waals surface area contributed by atoms with Crippen LogP contribution in [0.3, 0.4) is 0 Å². The molecular weight excluding hydrogens is 196 g/mol. The molecule has 0 aromatic heterocycles. The summed E-state index contributed by atoms with van der Waals surface area (Å²) in [5.74, 6) is 0. The third kappa shape index (κ3) is 7.57. The fraction of sp³-hybridized carbons (Fsp3) is 0.250. The van der Waals surface area contributed by atoms with Gasteiger partial charge in [-0.3, -0.25) is 0 Å². The summed E-state index contributed by atoms with van der Waals surface area (Å²) in [6.07, 6.45) is 0. The van der Waals surface area contributed by atoms with E-state index in [0.29, 0.717) is 0 Å². The zero-order valence-corrected chi connectivity index (χ0v) is 8.60. The molecule has 12 heavy (non-hydrogen) atoms. The van der Waals surface area contributed by atoms with Crippen molar-refractivity contribution in [3.05, 3.63) is 35.4 Å². The summed E-state index contributed by atoms with van der Waals surface area (Å²) in [5.41, 5.74) is 2.68. The second kappa shape index (κ2) is 6.03. The molecule has 0 aliphatic rings. The van der Waals surface area contributed by atoms with Gasteiger partial charge in [0.15, 0.2) is 0 Å². The van der Waals surface area contributed by atoms with E-state index in [-0.39, 0.29) is 0 Å². The van der Waals surface area contributed by atoms with E-state index in [1.165, 1.54) is 11.1 Å². The van der Waals surface area contributed by atoms with Crippen molar-refractivity contribution < 1.29 is 8.42 Å². The fourth-order valence-corrected chi connectivity index (χ4v) is 0.807. The minimum atomic E-state index is -2.65. The highest BCUT2D eigenvalue weighted by atomic mass is 35.7. The zero-order valence-electron chi connectivity index (χ0n) is 6.95. The van der Waals surface area contributed by atoms with Gasteiger partial charge >= 0.3 is 0 Å². The first-order valence-electron chi connectivity index (χ1n) is 3.36. The molecule has 2 nitrogen and oxygen atoms in total. The number of hydrogen-bond acceptors (Lipinski definition) is 2. The highest BCUT2D eigenvalue weighted by molar-refractivity contribution is 7.98. The van der Waals surface area contributed by atoms with Gasteiger partial charge in [0.25, 0.3) is 0 Å². The van der Waals surface area contributed by atoms with Gasteiger partial charge < -0.3 is 0 Å². The maximum absolute atomic E-state index is 8.80. The highest BCUT2D eigenvalue weighted by Gasteiger charge is 1.80. The summed E-state index contributed by atoms with van der Waals surface area (Å²) in [6, 6.07) is 8.45. The third-order valence-corrected chi connectivity index (χ3v) is 1.17. The molecule has 0 aliphatic heterocycles. The van der Waals surface area contributed by atoms with Crippen LogP contribution in [0.5, 0.6) is 0 Å². The Morgan fingerprint density at radius 1 is 1.17 bits per heavy atom. The maximum Gasteiger partial charge on any atom is 0.222 e. The van der Waals surface area contributed by atoms with Crippen LogP contribution < -0.4 is 0 Å². The normalized spacial score (nSPS) is 9.00. The number of thiol groups is 1. The van der Waals surface area contributed by atoms with Crippen LogP contribution in [0.2, 0.25) is 0 Å². The van der Waals surface area contributed by atoms with Gasteiger partial charge in [0.1, 0.15) is 0 Å². The molecule has 0 radical (unpaired) electrons. The van der Waals surface area contributed by atoms with Crippen molar-refractivity contribution >= 4 is 20.6 Å². The number of rotatable bonds is 0. The molecule has 4 heteroatoms. The van der Waals surface area contributed by atoms with Crippen LogP contribution in [0.15, 0.2) is 24.3 Å². The second-order valence-electron chi connectivity index (χ2n) is 2.37. The van der Waals surface area contributed by atoms with Crippen LogP contribution in [0.4, 0.5) is 0 Å². The molecule has 0 N–H and O–H groups in total. The molecule has 0 aliphatic carbocycles. The Hall–Kier alpha value is -0.540. The van der Waals surface area contributed by atoms with Crippen molar-refractivity contribution in [2.45, 2.75) is 13.8 Å². The standard InChI is InChI=1S/C8H10.ClHO2S/c1-7-4-3-5-8(2)6-7;1-4(2)3/h3-6H,1-2H3;4H. The first-order valence-corrected chi connectivity index (χ1v) is 5.44. The Morgan fingerprint density at radius 2 is 1.50 bits per heavy atom. The van der Waals surface area contributed by atoms with E-state index in [1.807, 2.05) is 0 Å². The number of benzene rings is 1. The molecule has 0 spiro atoms. The molecule has 0 fully saturated rings. The predicted octanol–water partition coefficient (Wildman–Crippen LogP) is 2.06. The van der Waals surface area contributed by atoms with Gasteiger partial charge in [0.2, 0.25) is 9.92 Å². The summed E-state index contributed by atoms with van der Waals surface area (Å²) in [5, 5.41) is 0. The molecule has 68 valence electrons. The molecule has 1 rings (SSSR count). The maximum atomic E-state index is 8.80. The van der Waals surface area contributed by atoms with Crippen molar-refractivity contribution in [3.8, 4) is 0 Å². The van der Waals surface area contributed by atoms with Crippen molar-refractivity contribution in [1.29, 1.82) is 0 Å². The molecule has 0 amide bonds. The lowest BCUT2D eigenvalue weighted by molar-refractivity contribution is 0.626. The lowest BCUT2D eigenvalue weighted by Gasteiger charge is -1.90. The molecule has 1 aromatic carbocycles. The lowest BCUT2D eigenvalue weighted by atomic mass is 10.2. The van der Waals surface area contributed by atoms with Crippen LogP contribution in [0.25, 0.3) is 0 Å². The Bertz CT molecular complexity index is 282. The number of aryl methyl sites for hydroxylation is 2. The van der Waals surface area contributed by atoms with Gasteiger partial charge in [-0.05, 0) is 13.8 Å². The van der Waals surface area contributed by atoms with E-state index >= 15 is 0 Å². The summed E-state index contributed by atoms with van der Waals surface area (Å²) in [4.78, 5) is 0. The molecular formula is C8H11ClO2S. The summed E-state index contributed by atoms with van der Waals surface area (Å²) in [7, 11) is 1.58. The van der Waals surface area contributed by atoms with E-state index in [1.54, 1.807) is 0 Å². The largest absolute Gasteiger partial charge is 0.222 e. The van der Waals surface area contributed by atoms with Crippen LogP contribution in [-0.4, -0.2) is 8.42 Å². The number of halogens is 1.